The minimum absolute atomic E-state index is 0.0576. The minimum Gasteiger partial charge on any atom is -0.338 e. The van der Waals surface area contributed by atoms with Crippen molar-refractivity contribution in [3.05, 3.63) is 41.5 Å². The molecule has 0 radical (unpaired) electrons. The Morgan fingerprint density at radius 2 is 2.05 bits per heavy atom. The van der Waals surface area contributed by atoms with Crippen molar-refractivity contribution in [2.75, 3.05) is 6.54 Å². The van der Waals surface area contributed by atoms with E-state index in [4.69, 9.17) is 10.3 Å². The molecule has 0 aliphatic rings. The maximum absolute atomic E-state index is 12.1. The average Bonchev–Trinajstić information content (AvgIpc) is 2.89. The highest BCUT2D eigenvalue weighted by Crippen LogP contribution is 2.10. The predicted octanol–water partition coefficient (Wildman–Crippen LogP) is 0.167. The van der Waals surface area contributed by atoms with Crippen molar-refractivity contribution < 1.29 is 12.9 Å². The second-order valence-electron chi connectivity index (χ2n) is 4.09. The minimum atomic E-state index is -3.64. The van der Waals surface area contributed by atoms with Crippen LogP contribution >= 0.6 is 0 Å². The number of sulfonamides is 1. The van der Waals surface area contributed by atoms with Crippen LogP contribution in [-0.2, 0) is 16.6 Å². The molecule has 0 aliphatic carbocycles. The SMILES string of the molecule is Cc1noc(CNS(=O)(=O)c2ccc(C#CCN)cc2)n1. The zero-order valence-corrected chi connectivity index (χ0v) is 12.1. The van der Waals surface area contributed by atoms with Gasteiger partial charge in [0.2, 0.25) is 15.9 Å². The molecule has 2 rings (SSSR count). The van der Waals surface area contributed by atoms with E-state index in [1.54, 1.807) is 19.1 Å². The third kappa shape index (κ3) is 4.13. The Hall–Kier alpha value is -2.21. The van der Waals surface area contributed by atoms with E-state index >= 15 is 0 Å². The summed E-state index contributed by atoms with van der Waals surface area (Å²) in [5.41, 5.74) is 5.97. The third-order valence-corrected chi connectivity index (χ3v) is 3.90. The van der Waals surface area contributed by atoms with Gasteiger partial charge in [-0.2, -0.15) is 4.98 Å². The summed E-state index contributed by atoms with van der Waals surface area (Å²) in [7, 11) is -3.64. The van der Waals surface area contributed by atoms with Gasteiger partial charge < -0.3 is 10.3 Å². The van der Waals surface area contributed by atoms with Crippen LogP contribution in [0.1, 0.15) is 17.3 Å². The van der Waals surface area contributed by atoms with Gasteiger partial charge in [0, 0.05) is 5.56 Å². The second kappa shape index (κ2) is 6.49. The van der Waals surface area contributed by atoms with E-state index in [-0.39, 0.29) is 23.9 Å². The van der Waals surface area contributed by atoms with Crippen molar-refractivity contribution in [2.24, 2.45) is 5.73 Å². The largest absolute Gasteiger partial charge is 0.338 e. The maximum Gasteiger partial charge on any atom is 0.241 e. The van der Waals surface area contributed by atoms with E-state index in [2.05, 4.69) is 26.7 Å². The van der Waals surface area contributed by atoms with Gasteiger partial charge in [-0.15, -0.1) is 0 Å². The first kappa shape index (κ1) is 15.2. The maximum atomic E-state index is 12.1. The topological polar surface area (TPSA) is 111 Å². The van der Waals surface area contributed by atoms with Crippen molar-refractivity contribution in [1.29, 1.82) is 0 Å². The van der Waals surface area contributed by atoms with Gasteiger partial charge in [-0.1, -0.05) is 17.0 Å². The fraction of sp³-hybridized carbons (Fsp3) is 0.231. The number of nitrogens with zero attached hydrogens (tertiary/aromatic N) is 2. The van der Waals surface area contributed by atoms with Crippen molar-refractivity contribution in [3.63, 3.8) is 0 Å². The molecule has 0 saturated heterocycles. The Labute approximate surface area is 122 Å². The molecule has 21 heavy (non-hydrogen) atoms. The van der Waals surface area contributed by atoms with Crippen molar-refractivity contribution >= 4 is 10.0 Å². The lowest BCUT2D eigenvalue weighted by molar-refractivity contribution is 0.372. The van der Waals surface area contributed by atoms with Crippen LogP contribution in [-0.4, -0.2) is 25.1 Å². The van der Waals surface area contributed by atoms with Gasteiger partial charge in [-0.05, 0) is 31.2 Å². The molecule has 7 nitrogen and oxygen atoms in total. The van der Waals surface area contributed by atoms with Gasteiger partial charge in [0.05, 0.1) is 18.0 Å². The predicted molar refractivity (Wildman–Crippen MR) is 75.4 cm³/mol. The summed E-state index contributed by atoms with van der Waals surface area (Å²) in [6.07, 6.45) is 0. The van der Waals surface area contributed by atoms with Crippen LogP contribution in [0.4, 0.5) is 0 Å². The van der Waals surface area contributed by atoms with Crippen LogP contribution in [0, 0.1) is 18.8 Å². The average molecular weight is 306 g/mol. The summed E-state index contributed by atoms with van der Waals surface area (Å²) in [6, 6.07) is 6.19. The molecular weight excluding hydrogens is 292 g/mol. The van der Waals surface area contributed by atoms with Gasteiger partial charge in [0.25, 0.3) is 0 Å². The monoisotopic (exact) mass is 306 g/mol. The smallest absolute Gasteiger partial charge is 0.241 e. The fourth-order valence-electron chi connectivity index (χ4n) is 1.52. The first-order chi connectivity index (χ1) is 10.0. The van der Waals surface area contributed by atoms with Crippen molar-refractivity contribution in [1.82, 2.24) is 14.9 Å². The zero-order valence-electron chi connectivity index (χ0n) is 11.3. The van der Waals surface area contributed by atoms with Crippen LogP contribution in [0.15, 0.2) is 33.7 Å². The molecule has 110 valence electrons. The van der Waals surface area contributed by atoms with E-state index in [1.165, 1.54) is 12.1 Å². The summed E-state index contributed by atoms with van der Waals surface area (Å²) < 4.78 is 31.4. The van der Waals surface area contributed by atoms with Gasteiger partial charge in [-0.25, -0.2) is 13.1 Å². The van der Waals surface area contributed by atoms with E-state index < -0.39 is 10.0 Å². The number of hydrogen-bond donors (Lipinski definition) is 2. The number of aryl methyl sites for hydroxylation is 1. The molecule has 0 spiro atoms. The van der Waals surface area contributed by atoms with Crippen LogP contribution in [0.25, 0.3) is 0 Å². The molecule has 0 aliphatic heterocycles. The standard InChI is InChI=1S/C13H14N4O3S/c1-10-16-13(20-17-10)9-15-21(18,19)12-6-4-11(5-7-12)3-2-8-14/h4-7,15H,8-9,14H2,1H3. The van der Waals surface area contributed by atoms with Gasteiger partial charge in [-0.3, -0.25) is 0 Å². The van der Waals surface area contributed by atoms with E-state index in [1.807, 2.05) is 0 Å². The van der Waals surface area contributed by atoms with Crippen LogP contribution in [0.5, 0.6) is 0 Å². The second-order valence-corrected chi connectivity index (χ2v) is 5.86. The molecule has 0 saturated carbocycles. The van der Waals surface area contributed by atoms with Crippen LogP contribution < -0.4 is 10.5 Å². The Morgan fingerprint density at radius 3 is 2.62 bits per heavy atom. The van der Waals surface area contributed by atoms with Gasteiger partial charge >= 0.3 is 0 Å². The summed E-state index contributed by atoms with van der Waals surface area (Å²) >= 11 is 0. The number of aromatic nitrogens is 2. The first-order valence-electron chi connectivity index (χ1n) is 6.09. The van der Waals surface area contributed by atoms with Crippen LogP contribution in [0.2, 0.25) is 0 Å². The Kier molecular flexibility index (Phi) is 4.70. The third-order valence-electron chi connectivity index (χ3n) is 2.48. The zero-order chi connectivity index (χ0) is 15.3. The molecule has 0 atom stereocenters. The number of nitrogens with two attached hydrogens (primary N) is 1. The Bertz CT molecular complexity index is 770. The molecule has 2 aromatic rings. The summed E-state index contributed by atoms with van der Waals surface area (Å²) in [5, 5.41) is 3.58. The fourth-order valence-corrected chi connectivity index (χ4v) is 2.50. The number of rotatable bonds is 4. The highest BCUT2D eigenvalue weighted by Gasteiger charge is 2.15. The van der Waals surface area contributed by atoms with Gasteiger partial charge in [0.1, 0.15) is 0 Å². The lowest BCUT2D eigenvalue weighted by Crippen LogP contribution is -2.23. The molecule has 0 amide bonds. The highest BCUT2D eigenvalue weighted by molar-refractivity contribution is 7.89. The normalized spacial score (nSPS) is 11.0. The van der Waals surface area contributed by atoms with Crippen molar-refractivity contribution in [2.45, 2.75) is 18.4 Å². The molecule has 1 aromatic carbocycles. The lowest BCUT2D eigenvalue weighted by Gasteiger charge is -2.04. The van der Waals surface area contributed by atoms with Crippen molar-refractivity contribution in [3.8, 4) is 11.8 Å². The lowest BCUT2D eigenvalue weighted by atomic mass is 10.2. The summed E-state index contributed by atoms with van der Waals surface area (Å²) in [5.74, 6) is 6.18. The van der Waals surface area contributed by atoms with Crippen LogP contribution in [0.3, 0.4) is 0 Å². The number of benzene rings is 1. The molecule has 8 heteroatoms. The van der Waals surface area contributed by atoms with Gasteiger partial charge in [0.15, 0.2) is 5.82 Å². The highest BCUT2D eigenvalue weighted by atomic mass is 32.2. The molecule has 3 N–H and O–H groups in total. The molecular formula is C13H14N4O3S. The van der Waals surface area contributed by atoms with E-state index in [0.29, 0.717) is 11.4 Å². The summed E-state index contributed by atoms with van der Waals surface area (Å²) in [6.45, 7) is 1.85. The summed E-state index contributed by atoms with van der Waals surface area (Å²) in [4.78, 5) is 4.06. The van der Waals surface area contributed by atoms with E-state index in [9.17, 15) is 8.42 Å². The molecule has 0 unspecified atom stereocenters. The molecule has 1 heterocycles. The number of hydrogen-bond acceptors (Lipinski definition) is 6. The Morgan fingerprint density at radius 1 is 1.33 bits per heavy atom. The number of nitrogens with one attached hydrogen (secondary N) is 1. The molecule has 1 aromatic heterocycles. The molecule has 0 fully saturated rings. The quantitative estimate of drug-likeness (QED) is 0.779. The Balaban J connectivity index is 2.08. The van der Waals surface area contributed by atoms with E-state index in [0.717, 1.165) is 0 Å². The molecule has 0 bridgehead atoms. The first-order valence-corrected chi connectivity index (χ1v) is 7.57.